The molecule has 1 heterocycles. The third kappa shape index (κ3) is 3.15. The van der Waals surface area contributed by atoms with Gasteiger partial charge in [-0.2, -0.15) is 13.2 Å². The van der Waals surface area contributed by atoms with Crippen molar-refractivity contribution in [2.45, 2.75) is 13.1 Å². The second-order valence-corrected chi connectivity index (χ2v) is 5.03. The van der Waals surface area contributed by atoms with Crippen LogP contribution in [-0.4, -0.2) is 24.7 Å². The maximum Gasteiger partial charge on any atom is 0.471 e. The van der Waals surface area contributed by atoms with Gasteiger partial charge in [0.25, 0.3) is 0 Å². The van der Waals surface area contributed by atoms with E-state index in [1.807, 2.05) is 0 Å². The van der Waals surface area contributed by atoms with Crippen LogP contribution in [0.3, 0.4) is 0 Å². The number of rotatable bonds is 3. The summed E-state index contributed by atoms with van der Waals surface area (Å²) in [5.41, 5.74) is -0.0601. The lowest BCUT2D eigenvalue weighted by Gasteiger charge is -2.08. The largest absolute Gasteiger partial charge is 0.471 e. The zero-order valence-corrected chi connectivity index (χ0v) is 11.6. The van der Waals surface area contributed by atoms with Gasteiger partial charge >= 0.3 is 18.1 Å². The van der Waals surface area contributed by atoms with Crippen LogP contribution in [0, 0.1) is 0 Å². The fourth-order valence-corrected chi connectivity index (χ4v) is 2.80. The number of carbonyl (C=O) groups excluding carboxylic acids is 2. The zero-order valence-electron chi connectivity index (χ0n) is 10.8. The van der Waals surface area contributed by atoms with E-state index < -0.39 is 18.1 Å². The molecule has 0 atom stereocenters. The Morgan fingerprint density at radius 3 is 2.57 bits per heavy atom. The Kier molecular flexibility index (Phi) is 4.17. The molecule has 0 saturated carbocycles. The second kappa shape index (κ2) is 5.72. The Morgan fingerprint density at radius 2 is 1.95 bits per heavy atom. The summed E-state index contributed by atoms with van der Waals surface area (Å²) in [6.45, 7) is 1.66. The summed E-state index contributed by atoms with van der Waals surface area (Å²) < 4.78 is 42.5. The van der Waals surface area contributed by atoms with Crippen molar-refractivity contribution in [2.75, 3.05) is 11.9 Å². The average Bonchev–Trinajstić information content (AvgIpc) is 2.75. The van der Waals surface area contributed by atoms with Gasteiger partial charge in [-0.05, 0) is 13.0 Å². The fourth-order valence-electron chi connectivity index (χ4n) is 1.71. The summed E-state index contributed by atoms with van der Waals surface area (Å²) in [6.07, 6.45) is -5.03. The van der Waals surface area contributed by atoms with Crippen LogP contribution in [0.4, 0.5) is 18.2 Å². The average molecular weight is 317 g/mol. The molecule has 4 nitrogen and oxygen atoms in total. The number of amides is 1. The lowest BCUT2D eigenvalue weighted by Crippen LogP contribution is -2.30. The lowest BCUT2D eigenvalue weighted by atomic mass is 10.1. The number of benzene rings is 1. The molecular formula is C13H10F3NO3S. The first-order valence-electron chi connectivity index (χ1n) is 5.91. The molecule has 0 saturated heterocycles. The van der Waals surface area contributed by atoms with E-state index in [9.17, 15) is 22.8 Å². The van der Waals surface area contributed by atoms with Gasteiger partial charge in [-0.3, -0.25) is 4.79 Å². The highest BCUT2D eigenvalue weighted by Crippen LogP contribution is 2.36. The first-order valence-corrected chi connectivity index (χ1v) is 6.73. The summed E-state index contributed by atoms with van der Waals surface area (Å²) in [6, 6.07) is 6.56. The third-order valence-corrected chi connectivity index (χ3v) is 3.65. The highest BCUT2D eigenvalue weighted by atomic mass is 32.1. The summed E-state index contributed by atoms with van der Waals surface area (Å²) in [7, 11) is 0. The topological polar surface area (TPSA) is 55.4 Å². The molecule has 0 radical (unpaired) electrons. The summed E-state index contributed by atoms with van der Waals surface area (Å²) >= 11 is 0.890. The Morgan fingerprint density at radius 1 is 1.29 bits per heavy atom. The number of fused-ring (bicyclic) bond motifs is 1. The zero-order chi connectivity index (χ0) is 15.6. The highest BCUT2D eigenvalue weighted by molar-refractivity contribution is 7.23. The molecule has 1 aromatic heterocycles. The van der Waals surface area contributed by atoms with Crippen molar-refractivity contribution >= 4 is 38.3 Å². The van der Waals surface area contributed by atoms with Gasteiger partial charge in [0.1, 0.15) is 10.6 Å². The van der Waals surface area contributed by atoms with Crippen LogP contribution < -0.4 is 5.32 Å². The van der Waals surface area contributed by atoms with Crippen molar-refractivity contribution in [3.8, 4) is 0 Å². The maximum atomic E-state index is 12.3. The van der Waals surface area contributed by atoms with Gasteiger partial charge in [0.15, 0.2) is 0 Å². The van der Waals surface area contributed by atoms with E-state index in [0.717, 1.165) is 11.3 Å². The number of halogens is 3. The first-order chi connectivity index (χ1) is 9.84. The van der Waals surface area contributed by atoms with Crippen molar-refractivity contribution in [1.82, 2.24) is 0 Å². The van der Waals surface area contributed by atoms with Gasteiger partial charge < -0.3 is 10.1 Å². The number of hydrogen-bond donors (Lipinski definition) is 1. The molecule has 0 bridgehead atoms. The molecule has 0 spiro atoms. The van der Waals surface area contributed by atoms with Crippen molar-refractivity contribution in [2.24, 2.45) is 0 Å². The highest BCUT2D eigenvalue weighted by Gasteiger charge is 2.39. The van der Waals surface area contributed by atoms with Crippen molar-refractivity contribution < 1.29 is 27.5 Å². The minimum Gasteiger partial charge on any atom is -0.462 e. The molecule has 1 amide bonds. The number of alkyl halides is 3. The molecule has 0 unspecified atom stereocenters. The number of ether oxygens (including phenoxy) is 1. The standard InChI is InChI=1S/C13H10F3NO3S/c1-2-20-11(18)9-7-5-3-4-6-8(7)21-10(9)17-12(19)13(14,15)16/h3-6H,2H2,1H3,(H,17,19). The number of hydrogen-bond acceptors (Lipinski definition) is 4. The SMILES string of the molecule is CCOC(=O)c1c(NC(=O)C(F)(F)F)sc2ccccc12. The molecular weight excluding hydrogens is 307 g/mol. The number of anilines is 1. The Hall–Kier alpha value is -2.09. The lowest BCUT2D eigenvalue weighted by molar-refractivity contribution is -0.167. The molecule has 8 heteroatoms. The van der Waals surface area contributed by atoms with E-state index in [4.69, 9.17) is 4.74 Å². The molecule has 1 aromatic carbocycles. The van der Waals surface area contributed by atoms with Gasteiger partial charge in [0.05, 0.1) is 6.61 Å². The minimum absolute atomic E-state index is 0.0601. The minimum atomic E-state index is -5.03. The van der Waals surface area contributed by atoms with E-state index in [1.54, 1.807) is 36.5 Å². The van der Waals surface area contributed by atoms with Gasteiger partial charge in [0.2, 0.25) is 0 Å². The van der Waals surface area contributed by atoms with Gasteiger partial charge in [-0.1, -0.05) is 18.2 Å². The fraction of sp³-hybridized carbons (Fsp3) is 0.231. The summed E-state index contributed by atoms with van der Waals surface area (Å²) in [5.74, 6) is -2.90. The molecule has 2 rings (SSSR count). The Labute approximate surface area is 121 Å². The number of thiophene rings is 1. The monoisotopic (exact) mass is 317 g/mol. The van der Waals surface area contributed by atoms with Crippen molar-refractivity contribution in [3.63, 3.8) is 0 Å². The smallest absolute Gasteiger partial charge is 0.462 e. The summed E-state index contributed by atoms with van der Waals surface area (Å²) in [4.78, 5) is 23.0. The van der Waals surface area contributed by atoms with Crippen LogP contribution in [0.2, 0.25) is 0 Å². The van der Waals surface area contributed by atoms with E-state index in [1.165, 1.54) is 0 Å². The predicted octanol–water partition coefficient (Wildman–Crippen LogP) is 3.58. The second-order valence-electron chi connectivity index (χ2n) is 3.97. The van der Waals surface area contributed by atoms with E-state index in [-0.39, 0.29) is 17.2 Å². The quantitative estimate of drug-likeness (QED) is 0.880. The van der Waals surface area contributed by atoms with Crippen LogP contribution in [-0.2, 0) is 9.53 Å². The predicted molar refractivity (Wildman–Crippen MR) is 72.5 cm³/mol. The van der Waals surface area contributed by atoms with Crippen LogP contribution in [0.15, 0.2) is 24.3 Å². The van der Waals surface area contributed by atoms with Crippen molar-refractivity contribution in [3.05, 3.63) is 29.8 Å². The van der Waals surface area contributed by atoms with Gasteiger partial charge in [-0.15, -0.1) is 11.3 Å². The van der Waals surface area contributed by atoms with Crippen LogP contribution in [0.25, 0.3) is 10.1 Å². The molecule has 0 fully saturated rings. The summed E-state index contributed by atoms with van der Waals surface area (Å²) in [5, 5.41) is 2.01. The molecule has 0 aliphatic heterocycles. The molecule has 1 N–H and O–H groups in total. The van der Waals surface area contributed by atoms with E-state index in [2.05, 4.69) is 0 Å². The number of esters is 1. The number of carbonyl (C=O) groups is 2. The van der Waals surface area contributed by atoms with Gasteiger partial charge in [-0.25, -0.2) is 4.79 Å². The molecule has 2 aromatic rings. The third-order valence-electron chi connectivity index (χ3n) is 2.56. The molecule has 0 aliphatic rings. The van der Waals surface area contributed by atoms with Crippen LogP contribution >= 0.6 is 11.3 Å². The van der Waals surface area contributed by atoms with Crippen molar-refractivity contribution in [1.29, 1.82) is 0 Å². The molecule has 21 heavy (non-hydrogen) atoms. The maximum absolute atomic E-state index is 12.3. The normalized spacial score (nSPS) is 11.4. The van der Waals surface area contributed by atoms with E-state index >= 15 is 0 Å². The van der Waals surface area contributed by atoms with Crippen LogP contribution in [0.1, 0.15) is 17.3 Å². The van der Waals surface area contributed by atoms with Gasteiger partial charge in [0, 0.05) is 10.1 Å². The van der Waals surface area contributed by atoms with Crippen LogP contribution in [0.5, 0.6) is 0 Å². The number of nitrogens with one attached hydrogen (secondary N) is 1. The Bertz CT molecular complexity index is 694. The molecule has 0 aliphatic carbocycles. The van der Waals surface area contributed by atoms with E-state index in [0.29, 0.717) is 10.1 Å². The first kappa shape index (κ1) is 15.3. The molecule has 112 valence electrons. The Balaban J connectivity index is 2.49.